The molecule has 1 N–H and O–H groups in total. The van der Waals surface area contributed by atoms with Crippen LogP contribution in [0.25, 0.3) is 0 Å². The van der Waals surface area contributed by atoms with Crippen molar-refractivity contribution in [3.05, 3.63) is 29.6 Å². The van der Waals surface area contributed by atoms with Gasteiger partial charge in [-0.2, -0.15) is 0 Å². The summed E-state index contributed by atoms with van der Waals surface area (Å²) in [4.78, 5) is 30.2. The van der Waals surface area contributed by atoms with Crippen LogP contribution in [0.2, 0.25) is 0 Å². The lowest BCUT2D eigenvalue weighted by Crippen LogP contribution is -2.41. The third-order valence-corrected chi connectivity index (χ3v) is 3.61. The normalized spacial score (nSPS) is 14.7. The average molecular weight is 305 g/mol. The Hall–Kier alpha value is -1.95. The second-order valence-corrected chi connectivity index (χ2v) is 5.30. The van der Waals surface area contributed by atoms with E-state index in [-0.39, 0.29) is 11.8 Å². The van der Waals surface area contributed by atoms with Gasteiger partial charge in [0, 0.05) is 31.4 Å². The van der Waals surface area contributed by atoms with E-state index in [2.05, 4.69) is 17.2 Å². The second-order valence-electron chi connectivity index (χ2n) is 5.30. The molecule has 0 atom stereocenters. The molecule has 1 aromatic rings. The standard InChI is InChI=1S/C16H23N3O3/c1-2-3-4-6-18-15(20)13-5-7-17-14(12-13)16(21)19-8-10-22-11-9-19/h5,7,12H,2-4,6,8-11H2,1H3,(H,18,20). The number of rotatable bonds is 6. The minimum Gasteiger partial charge on any atom is -0.378 e. The predicted molar refractivity (Wildman–Crippen MR) is 82.8 cm³/mol. The first-order valence-corrected chi connectivity index (χ1v) is 7.83. The number of pyridine rings is 1. The Bertz CT molecular complexity index is 513. The van der Waals surface area contributed by atoms with Crippen LogP contribution in [-0.2, 0) is 4.74 Å². The Morgan fingerprint density at radius 1 is 1.32 bits per heavy atom. The molecule has 0 aliphatic carbocycles. The Kier molecular flexibility index (Phi) is 6.33. The van der Waals surface area contributed by atoms with Gasteiger partial charge in [0.2, 0.25) is 0 Å². The van der Waals surface area contributed by atoms with Crippen LogP contribution in [0.3, 0.4) is 0 Å². The number of nitrogens with zero attached hydrogens (tertiary/aromatic N) is 2. The SMILES string of the molecule is CCCCCNC(=O)c1ccnc(C(=O)N2CCOCC2)c1. The van der Waals surface area contributed by atoms with Crippen molar-refractivity contribution in [3.8, 4) is 0 Å². The Morgan fingerprint density at radius 3 is 2.82 bits per heavy atom. The van der Waals surface area contributed by atoms with E-state index in [9.17, 15) is 9.59 Å². The van der Waals surface area contributed by atoms with Gasteiger partial charge in [-0.15, -0.1) is 0 Å². The molecule has 120 valence electrons. The molecule has 1 saturated heterocycles. The van der Waals surface area contributed by atoms with Crippen LogP contribution >= 0.6 is 0 Å². The van der Waals surface area contributed by atoms with E-state index in [1.54, 1.807) is 17.0 Å². The lowest BCUT2D eigenvalue weighted by atomic mass is 10.2. The maximum Gasteiger partial charge on any atom is 0.272 e. The fourth-order valence-electron chi connectivity index (χ4n) is 2.30. The minimum absolute atomic E-state index is 0.149. The molecule has 22 heavy (non-hydrogen) atoms. The van der Waals surface area contributed by atoms with Gasteiger partial charge in [-0.3, -0.25) is 14.6 Å². The van der Waals surface area contributed by atoms with Crippen LogP contribution in [0, 0.1) is 0 Å². The van der Waals surface area contributed by atoms with Gasteiger partial charge in [-0.25, -0.2) is 0 Å². The van der Waals surface area contributed by atoms with E-state index in [0.29, 0.717) is 44.1 Å². The zero-order valence-electron chi connectivity index (χ0n) is 13.0. The van der Waals surface area contributed by atoms with Crippen LogP contribution in [0.5, 0.6) is 0 Å². The monoisotopic (exact) mass is 305 g/mol. The zero-order valence-corrected chi connectivity index (χ0v) is 13.0. The van der Waals surface area contributed by atoms with Crippen LogP contribution in [0.1, 0.15) is 47.0 Å². The molecule has 6 heteroatoms. The van der Waals surface area contributed by atoms with Crippen molar-refractivity contribution >= 4 is 11.8 Å². The van der Waals surface area contributed by atoms with Gasteiger partial charge in [-0.1, -0.05) is 19.8 Å². The minimum atomic E-state index is -0.158. The molecule has 1 aliphatic rings. The third-order valence-electron chi connectivity index (χ3n) is 3.61. The van der Waals surface area contributed by atoms with Gasteiger partial charge in [0.1, 0.15) is 5.69 Å². The Labute approximate surface area is 130 Å². The van der Waals surface area contributed by atoms with E-state index in [0.717, 1.165) is 19.3 Å². The Morgan fingerprint density at radius 2 is 2.09 bits per heavy atom. The zero-order chi connectivity index (χ0) is 15.8. The first-order valence-electron chi connectivity index (χ1n) is 7.83. The van der Waals surface area contributed by atoms with Gasteiger partial charge in [-0.05, 0) is 18.6 Å². The molecule has 0 saturated carbocycles. The number of nitrogens with one attached hydrogen (secondary N) is 1. The molecule has 0 unspecified atom stereocenters. The highest BCUT2D eigenvalue weighted by Gasteiger charge is 2.20. The highest BCUT2D eigenvalue weighted by atomic mass is 16.5. The summed E-state index contributed by atoms with van der Waals surface area (Å²) < 4.78 is 5.23. The molecular formula is C16H23N3O3. The number of hydrogen-bond acceptors (Lipinski definition) is 4. The van der Waals surface area contributed by atoms with E-state index < -0.39 is 0 Å². The summed E-state index contributed by atoms with van der Waals surface area (Å²) >= 11 is 0. The molecule has 0 radical (unpaired) electrons. The molecule has 2 rings (SSSR count). The molecule has 2 amide bonds. The van der Waals surface area contributed by atoms with Crippen LogP contribution < -0.4 is 5.32 Å². The topological polar surface area (TPSA) is 71.5 Å². The highest BCUT2D eigenvalue weighted by Crippen LogP contribution is 2.08. The smallest absolute Gasteiger partial charge is 0.272 e. The third kappa shape index (κ3) is 4.53. The Balaban J connectivity index is 1.96. The largest absolute Gasteiger partial charge is 0.378 e. The van der Waals surface area contributed by atoms with Crippen LogP contribution in [0.15, 0.2) is 18.3 Å². The average Bonchev–Trinajstić information content (AvgIpc) is 2.59. The number of carbonyl (C=O) groups is 2. The number of amides is 2. The number of morpholine rings is 1. The van der Waals surface area contributed by atoms with E-state index >= 15 is 0 Å². The summed E-state index contributed by atoms with van der Waals surface area (Å²) in [5.41, 5.74) is 0.784. The van der Waals surface area contributed by atoms with Gasteiger partial charge in [0.05, 0.1) is 13.2 Å². The van der Waals surface area contributed by atoms with Crippen LogP contribution in [-0.4, -0.2) is 54.5 Å². The molecule has 0 spiro atoms. The fourth-order valence-corrected chi connectivity index (χ4v) is 2.30. The lowest BCUT2D eigenvalue weighted by Gasteiger charge is -2.26. The molecule has 2 heterocycles. The number of carbonyl (C=O) groups excluding carboxylic acids is 2. The van der Waals surface area contributed by atoms with Crippen molar-refractivity contribution in [2.75, 3.05) is 32.8 Å². The van der Waals surface area contributed by atoms with Gasteiger partial charge >= 0.3 is 0 Å². The van der Waals surface area contributed by atoms with Gasteiger partial charge in [0.15, 0.2) is 0 Å². The molecule has 1 fully saturated rings. The fraction of sp³-hybridized carbons (Fsp3) is 0.562. The first kappa shape index (κ1) is 16.4. The molecule has 0 aromatic carbocycles. The maximum atomic E-state index is 12.3. The summed E-state index contributed by atoms with van der Waals surface area (Å²) in [6.07, 6.45) is 4.68. The highest BCUT2D eigenvalue weighted by molar-refractivity contribution is 5.98. The van der Waals surface area contributed by atoms with E-state index in [4.69, 9.17) is 4.74 Å². The van der Waals surface area contributed by atoms with Gasteiger partial charge < -0.3 is 15.0 Å². The number of ether oxygens (including phenoxy) is 1. The number of aromatic nitrogens is 1. The van der Waals surface area contributed by atoms with Crippen molar-refractivity contribution in [3.63, 3.8) is 0 Å². The predicted octanol–water partition coefficient (Wildman–Crippen LogP) is 1.47. The second kappa shape index (κ2) is 8.48. The van der Waals surface area contributed by atoms with Crippen molar-refractivity contribution in [1.82, 2.24) is 15.2 Å². The summed E-state index contributed by atoms with van der Waals surface area (Å²) in [6.45, 7) is 4.99. The van der Waals surface area contributed by atoms with E-state index in [1.165, 1.54) is 6.20 Å². The van der Waals surface area contributed by atoms with Crippen LogP contribution in [0.4, 0.5) is 0 Å². The van der Waals surface area contributed by atoms with Crippen molar-refractivity contribution in [2.45, 2.75) is 26.2 Å². The quantitative estimate of drug-likeness (QED) is 0.808. The first-order chi connectivity index (χ1) is 10.7. The maximum absolute atomic E-state index is 12.3. The van der Waals surface area contributed by atoms with E-state index in [1.807, 2.05) is 0 Å². The summed E-state index contributed by atoms with van der Waals surface area (Å²) in [7, 11) is 0. The number of unbranched alkanes of at least 4 members (excludes halogenated alkanes) is 2. The molecule has 1 aliphatic heterocycles. The summed E-state index contributed by atoms with van der Waals surface area (Å²) in [5.74, 6) is -0.307. The van der Waals surface area contributed by atoms with Crippen molar-refractivity contribution in [1.29, 1.82) is 0 Å². The summed E-state index contributed by atoms with van der Waals surface area (Å²) in [5, 5.41) is 2.87. The van der Waals surface area contributed by atoms with Gasteiger partial charge in [0.25, 0.3) is 11.8 Å². The number of hydrogen-bond donors (Lipinski definition) is 1. The lowest BCUT2D eigenvalue weighted by molar-refractivity contribution is 0.0299. The van der Waals surface area contributed by atoms with Crippen molar-refractivity contribution < 1.29 is 14.3 Å². The molecule has 6 nitrogen and oxygen atoms in total. The molecular weight excluding hydrogens is 282 g/mol. The van der Waals surface area contributed by atoms with Crippen molar-refractivity contribution in [2.24, 2.45) is 0 Å². The molecule has 0 bridgehead atoms. The summed E-state index contributed by atoms with van der Waals surface area (Å²) in [6, 6.07) is 3.19. The molecule has 1 aromatic heterocycles.